The van der Waals surface area contributed by atoms with Crippen molar-refractivity contribution in [1.29, 1.82) is 0 Å². The van der Waals surface area contributed by atoms with E-state index in [1.165, 1.54) is 0 Å². The Hall–Kier alpha value is -0.570. The van der Waals surface area contributed by atoms with Crippen molar-refractivity contribution in [2.45, 2.75) is 40.2 Å². The molecule has 0 bridgehead atoms. The minimum atomic E-state index is -0.0371. The van der Waals surface area contributed by atoms with Gasteiger partial charge in [0, 0.05) is 13.0 Å². The van der Waals surface area contributed by atoms with Crippen LogP contribution in [0.4, 0.5) is 0 Å². The van der Waals surface area contributed by atoms with E-state index >= 15 is 0 Å². The van der Waals surface area contributed by atoms with Gasteiger partial charge in [-0.3, -0.25) is 4.79 Å². The van der Waals surface area contributed by atoms with E-state index in [4.69, 9.17) is 0 Å². The van der Waals surface area contributed by atoms with Gasteiger partial charge in [0.05, 0.1) is 12.6 Å². The molecule has 0 aliphatic rings. The maximum absolute atomic E-state index is 11.6. The van der Waals surface area contributed by atoms with Crippen molar-refractivity contribution in [2.24, 2.45) is 11.8 Å². The molecule has 0 heterocycles. The summed E-state index contributed by atoms with van der Waals surface area (Å²) in [5.41, 5.74) is 0. The van der Waals surface area contributed by atoms with Crippen LogP contribution in [-0.4, -0.2) is 35.6 Å². The normalized spacial score (nSPS) is 13.4. The first-order chi connectivity index (χ1) is 6.40. The van der Waals surface area contributed by atoms with E-state index in [9.17, 15) is 9.90 Å². The van der Waals surface area contributed by atoms with Crippen LogP contribution in [0.5, 0.6) is 0 Å². The number of carbonyl (C=O) groups excluding carboxylic acids is 1. The van der Waals surface area contributed by atoms with Crippen LogP contribution >= 0.6 is 0 Å². The summed E-state index contributed by atoms with van der Waals surface area (Å²) in [5, 5.41) is 9.18. The molecule has 0 spiro atoms. The zero-order valence-corrected chi connectivity index (χ0v) is 9.95. The van der Waals surface area contributed by atoms with E-state index in [2.05, 4.69) is 13.8 Å². The number of amides is 1. The number of nitrogens with zero attached hydrogens (tertiary/aromatic N) is 1. The lowest BCUT2D eigenvalue weighted by Gasteiger charge is -2.29. The van der Waals surface area contributed by atoms with Crippen LogP contribution in [0, 0.1) is 11.8 Å². The number of hydrogen-bond donors (Lipinski definition) is 1. The molecule has 14 heavy (non-hydrogen) atoms. The minimum absolute atomic E-state index is 0.00112. The summed E-state index contributed by atoms with van der Waals surface area (Å²) in [6.45, 7) is 7.99. The van der Waals surface area contributed by atoms with Gasteiger partial charge in [0.2, 0.25) is 5.91 Å². The number of likely N-dealkylation sites (N-methyl/N-ethyl adjacent to an activating group) is 1. The first-order valence-corrected chi connectivity index (χ1v) is 5.27. The second-order valence-electron chi connectivity index (χ2n) is 4.57. The molecule has 0 aliphatic carbocycles. The Kier molecular flexibility index (Phi) is 5.77. The molecule has 0 aromatic rings. The van der Waals surface area contributed by atoms with Crippen molar-refractivity contribution < 1.29 is 9.90 Å². The molecule has 0 fully saturated rings. The first kappa shape index (κ1) is 13.4. The van der Waals surface area contributed by atoms with Crippen molar-refractivity contribution in [3.05, 3.63) is 0 Å². The molecule has 0 rings (SSSR count). The highest BCUT2D eigenvalue weighted by molar-refractivity contribution is 5.78. The van der Waals surface area contributed by atoms with Crippen LogP contribution in [0.25, 0.3) is 0 Å². The summed E-state index contributed by atoms with van der Waals surface area (Å²) >= 11 is 0. The third kappa shape index (κ3) is 4.09. The Bertz CT molecular complexity index is 178. The topological polar surface area (TPSA) is 40.5 Å². The van der Waals surface area contributed by atoms with Gasteiger partial charge in [-0.1, -0.05) is 27.7 Å². The summed E-state index contributed by atoms with van der Waals surface area (Å²) in [6, 6.07) is -0.0371. The summed E-state index contributed by atoms with van der Waals surface area (Å²) in [7, 11) is 1.77. The van der Waals surface area contributed by atoms with E-state index in [1.54, 1.807) is 11.9 Å². The molecule has 3 nitrogen and oxygen atoms in total. The summed E-state index contributed by atoms with van der Waals surface area (Å²) in [4.78, 5) is 13.3. The van der Waals surface area contributed by atoms with Crippen LogP contribution in [0.3, 0.4) is 0 Å². The largest absolute Gasteiger partial charge is 0.394 e. The molecule has 1 amide bonds. The Morgan fingerprint density at radius 3 is 2.07 bits per heavy atom. The maximum Gasteiger partial charge on any atom is 0.225 e. The highest BCUT2D eigenvalue weighted by Crippen LogP contribution is 2.12. The average molecular weight is 201 g/mol. The molecule has 3 heteroatoms. The molecule has 0 unspecified atom stereocenters. The SMILES string of the molecule is CC(C)C[C@H](CO)N(C)C(=O)C(C)C. The number of aliphatic hydroxyl groups is 1. The average Bonchev–Trinajstić information content (AvgIpc) is 2.11. The second kappa shape index (κ2) is 6.02. The smallest absolute Gasteiger partial charge is 0.225 e. The summed E-state index contributed by atoms with van der Waals surface area (Å²) in [5.74, 6) is 0.598. The fourth-order valence-corrected chi connectivity index (χ4v) is 1.49. The highest BCUT2D eigenvalue weighted by Gasteiger charge is 2.21. The fraction of sp³-hybridized carbons (Fsp3) is 0.909. The van der Waals surface area contributed by atoms with Gasteiger partial charge in [0.15, 0.2) is 0 Å². The predicted molar refractivity (Wildman–Crippen MR) is 57.9 cm³/mol. The van der Waals surface area contributed by atoms with Crippen molar-refractivity contribution in [3.63, 3.8) is 0 Å². The summed E-state index contributed by atoms with van der Waals surface area (Å²) < 4.78 is 0. The van der Waals surface area contributed by atoms with Crippen LogP contribution in [-0.2, 0) is 4.79 Å². The highest BCUT2D eigenvalue weighted by atomic mass is 16.3. The Morgan fingerprint density at radius 1 is 1.29 bits per heavy atom. The molecule has 1 N–H and O–H groups in total. The van der Waals surface area contributed by atoms with E-state index in [0.29, 0.717) is 5.92 Å². The summed E-state index contributed by atoms with van der Waals surface area (Å²) in [6.07, 6.45) is 0.853. The third-order valence-corrected chi connectivity index (χ3v) is 2.34. The number of hydrogen-bond acceptors (Lipinski definition) is 2. The molecule has 84 valence electrons. The number of carbonyl (C=O) groups is 1. The first-order valence-electron chi connectivity index (χ1n) is 5.27. The lowest BCUT2D eigenvalue weighted by Crippen LogP contribution is -2.42. The zero-order valence-electron chi connectivity index (χ0n) is 9.95. The lowest BCUT2D eigenvalue weighted by molar-refractivity contribution is -0.136. The Morgan fingerprint density at radius 2 is 1.79 bits per heavy atom. The fourth-order valence-electron chi connectivity index (χ4n) is 1.49. The van der Waals surface area contributed by atoms with Gasteiger partial charge in [-0.2, -0.15) is 0 Å². The van der Waals surface area contributed by atoms with Crippen LogP contribution in [0.1, 0.15) is 34.1 Å². The zero-order chi connectivity index (χ0) is 11.3. The van der Waals surface area contributed by atoms with Gasteiger partial charge >= 0.3 is 0 Å². The van der Waals surface area contributed by atoms with E-state index in [1.807, 2.05) is 13.8 Å². The van der Waals surface area contributed by atoms with Crippen molar-refractivity contribution >= 4 is 5.91 Å². The molecule has 0 aromatic heterocycles. The van der Waals surface area contributed by atoms with Crippen LogP contribution in [0.2, 0.25) is 0 Å². The number of aliphatic hydroxyl groups excluding tert-OH is 1. The van der Waals surface area contributed by atoms with E-state index < -0.39 is 0 Å². The molecule has 1 atom stereocenters. The van der Waals surface area contributed by atoms with Gasteiger partial charge < -0.3 is 10.0 Å². The molecule has 0 saturated heterocycles. The van der Waals surface area contributed by atoms with Gasteiger partial charge in [-0.25, -0.2) is 0 Å². The molecular formula is C11H23NO2. The minimum Gasteiger partial charge on any atom is -0.394 e. The monoisotopic (exact) mass is 201 g/mol. The van der Waals surface area contributed by atoms with Gasteiger partial charge in [0.25, 0.3) is 0 Å². The predicted octanol–water partition coefficient (Wildman–Crippen LogP) is 1.51. The van der Waals surface area contributed by atoms with Crippen molar-refractivity contribution in [2.75, 3.05) is 13.7 Å². The molecule has 0 aromatic carbocycles. The Labute approximate surface area is 87.1 Å². The molecule has 0 radical (unpaired) electrons. The van der Waals surface area contributed by atoms with Gasteiger partial charge in [-0.15, -0.1) is 0 Å². The van der Waals surface area contributed by atoms with Crippen molar-refractivity contribution in [1.82, 2.24) is 4.90 Å². The number of rotatable bonds is 5. The van der Waals surface area contributed by atoms with E-state index in [0.717, 1.165) is 6.42 Å². The molecule has 0 saturated carbocycles. The van der Waals surface area contributed by atoms with Crippen LogP contribution < -0.4 is 0 Å². The van der Waals surface area contributed by atoms with Crippen molar-refractivity contribution in [3.8, 4) is 0 Å². The lowest BCUT2D eigenvalue weighted by atomic mass is 10.0. The van der Waals surface area contributed by atoms with Gasteiger partial charge in [-0.05, 0) is 12.3 Å². The molecule has 0 aliphatic heterocycles. The quantitative estimate of drug-likeness (QED) is 0.732. The van der Waals surface area contributed by atoms with Crippen LogP contribution in [0.15, 0.2) is 0 Å². The maximum atomic E-state index is 11.6. The second-order valence-corrected chi connectivity index (χ2v) is 4.57. The standard InChI is InChI=1S/C11H23NO2/c1-8(2)6-10(7-13)12(5)11(14)9(3)4/h8-10,13H,6-7H2,1-5H3/t10-/m1/s1. The van der Waals surface area contributed by atoms with Gasteiger partial charge in [0.1, 0.15) is 0 Å². The third-order valence-electron chi connectivity index (χ3n) is 2.34. The Balaban J connectivity index is 4.30. The van der Waals surface area contributed by atoms with E-state index in [-0.39, 0.29) is 24.5 Å². The molecular weight excluding hydrogens is 178 g/mol.